The number of para-hydroxylation sites is 1. The maximum absolute atomic E-state index is 13.5. The van der Waals surface area contributed by atoms with Gasteiger partial charge in [-0.2, -0.15) is 0 Å². The molecule has 0 aliphatic rings. The highest BCUT2D eigenvalue weighted by molar-refractivity contribution is 5.76. The standard InChI is InChI=1S/C21H26FNO3/c1-16-8-7-9-18(14-16)25-13-6-5-12-21(24)23-17(2)15-26-20-11-4-3-10-19(20)22/h3-4,7-11,14,17H,5-6,12-13,15H2,1-2H3,(H,23,24). The topological polar surface area (TPSA) is 47.6 Å². The largest absolute Gasteiger partial charge is 0.494 e. The number of carbonyl (C=O) groups is 1. The minimum Gasteiger partial charge on any atom is -0.494 e. The second-order valence-electron chi connectivity index (χ2n) is 6.33. The van der Waals surface area contributed by atoms with Crippen molar-refractivity contribution >= 4 is 5.91 Å². The van der Waals surface area contributed by atoms with E-state index in [0.717, 1.165) is 24.2 Å². The van der Waals surface area contributed by atoms with Crippen LogP contribution in [-0.4, -0.2) is 25.2 Å². The van der Waals surface area contributed by atoms with Crippen LogP contribution < -0.4 is 14.8 Å². The molecule has 1 atom stereocenters. The lowest BCUT2D eigenvalue weighted by Gasteiger charge is -2.15. The molecule has 0 aromatic heterocycles. The van der Waals surface area contributed by atoms with E-state index in [4.69, 9.17) is 9.47 Å². The van der Waals surface area contributed by atoms with Crippen LogP contribution >= 0.6 is 0 Å². The number of amides is 1. The van der Waals surface area contributed by atoms with Crippen LogP contribution in [0.2, 0.25) is 0 Å². The van der Waals surface area contributed by atoms with E-state index in [1.807, 2.05) is 38.1 Å². The second-order valence-corrected chi connectivity index (χ2v) is 6.33. The molecule has 2 aromatic carbocycles. The zero-order valence-corrected chi connectivity index (χ0v) is 15.3. The molecule has 0 radical (unpaired) electrons. The maximum Gasteiger partial charge on any atom is 0.220 e. The molecule has 2 aromatic rings. The van der Waals surface area contributed by atoms with Crippen LogP contribution in [-0.2, 0) is 4.79 Å². The van der Waals surface area contributed by atoms with E-state index in [9.17, 15) is 9.18 Å². The summed E-state index contributed by atoms with van der Waals surface area (Å²) in [5.74, 6) is 0.611. The number of benzene rings is 2. The molecular formula is C21H26FNO3. The molecule has 1 unspecified atom stereocenters. The molecule has 0 fully saturated rings. The van der Waals surface area contributed by atoms with Gasteiger partial charge in [0.05, 0.1) is 12.6 Å². The van der Waals surface area contributed by atoms with Gasteiger partial charge in [0.25, 0.3) is 0 Å². The zero-order chi connectivity index (χ0) is 18.8. The minimum absolute atomic E-state index is 0.0369. The van der Waals surface area contributed by atoms with Gasteiger partial charge in [-0.25, -0.2) is 4.39 Å². The molecule has 1 amide bonds. The molecule has 0 bridgehead atoms. The molecule has 1 N–H and O–H groups in total. The van der Waals surface area contributed by atoms with Crippen LogP contribution in [0.3, 0.4) is 0 Å². The van der Waals surface area contributed by atoms with Crippen LogP contribution in [0, 0.1) is 12.7 Å². The van der Waals surface area contributed by atoms with Crippen LogP contribution in [0.5, 0.6) is 11.5 Å². The zero-order valence-electron chi connectivity index (χ0n) is 15.3. The predicted octanol–water partition coefficient (Wildman–Crippen LogP) is 4.27. The van der Waals surface area contributed by atoms with Crippen molar-refractivity contribution in [2.24, 2.45) is 0 Å². The van der Waals surface area contributed by atoms with E-state index in [1.54, 1.807) is 18.2 Å². The van der Waals surface area contributed by atoms with Gasteiger partial charge in [-0.05, 0) is 56.5 Å². The molecule has 5 heteroatoms. The smallest absolute Gasteiger partial charge is 0.220 e. The van der Waals surface area contributed by atoms with Crippen LogP contribution in [0.4, 0.5) is 4.39 Å². The van der Waals surface area contributed by atoms with Crippen molar-refractivity contribution in [3.63, 3.8) is 0 Å². The van der Waals surface area contributed by atoms with Crippen molar-refractivity contribution in [3.8, 4) is 11.5 Å². The lowest BCUT2D eigenvalue weighted by Crippen LogP contribution is -2.36. The number of unbranched alkanes of at least 4 members (excludes halogenated alkanes) is 1. The summed E-state index contributed by atoms with van der Waals surface area (Å²) in [6, 6.07) is 13.9. The van der Waals surface area contributed by atoms with E-state index in [2.05, 4.69) is 5.32 Å². The average molecular weight is 359 g/mol. The Kier molecular flexibility index (Phi) is 7.93. The van der Waals surface area contributed by atoms with Gasteiger partial charge in [0.1, 0.15) is 12.4 Å². The van der Waals surface area contributed by atoms with Gasteiger partial charge >= 0.3 is 0 Å². The number of rotatable bonds is 10. The molecule has 0 saturated heterocycles. The number of hydrogen-bond donors (Lipinski definition) is 1. The highest BCUT2D eigenvalue weighted by Gasteiger charge is 2.09. The molecule has 4 nitrogen and oxygen atoms in total. The second kappa shape index (κ2) is 10.4. The van der Waals surface area contributed by atoms with Crippen molar-refractivity contribution in [2.45, 2.75) is 39.2 Å². The van der Waals surface area contributed by atoms with Gasteiger partial charge in [-0.1, -0.05) is 24.3 Å². The number of hydrogen-bond acceptors (Lipinski definition) is 3. The molecule has 0 saturated carbocycles. The number of nitrogens with one attached hydrogen (secondary N) is 1. The van der Waals surface area contributed by atoms with Gasteiger partial charge < -0.3 is 14.8 Å². The molecule has 26 heavy (non-hydrogen) atoms. The third-order valence-corrected chi connectivity index (χ3v) is 3.79. The van der Waals surface area contributed by atoms with Crippen LogP contribution in [0.15, 0.2) is 48.5 Å². The van der Waals surface area contributed by atoms with Crippen molar-refractivity contribution in [1.29, 1.82) is 0 Å². The molecule has 0 spiro atoms. The van der Waals surface area contributed by atoms with Gasteiger partial charge in [0.2, 0.25) is 5.91 Å². The Morgan fingerprint density at radius 2 is 1.92 bits per heavy atom. The monoisotopic (exact) mass is 359 g/mol. The van der Waals surface area contributed by atoms with Crippen LogP contribution in [0.1, 0.15) is 31.7 Å². The first-order chi connectivity index (χ1) is 12.5. The van der Waals surface area contributed by atoms with E-state index in [-0.39, 0.29) is 24.3 Å². The summed E-state index contributed by atoms with van der Waals surface area (Å²) in [7, 11) is 0. The summed E-state index contributed by atoms with van der Waals surface area (Å²) < 4.78 is 24.5. The van der Waals surface area contributed by atoms with Gasteiger partial charge in [0.15, 0.2) is 11.6 Å². The highest BCUT2D eigenvalue weighted by Crippen LogP contribution is 2.15. The normalized spacial score (nSPS) is 11.7. The fourth-order valence-electron chi connectivity index (χ4n) is 2.45. The summed E-state index contributed by atoms with van der Waals surface area (Å²) in [5.41, 5.74) is 1.16. The Morgan fingerprint density at radius 1 is 1.12 bits per heavy atom. The Morgan fingerprint density at radius 3 is 2.69 bits per heavy atom. The van der Waals surface area contributed by atoms with Gasteiger partial charge in [-0.3, -0.25) is 4.79 Å². The Hall–Kier alpha value is -2.56. The van der Waals surface area contributed by atoms with Crippen molar-refractivity contribution in [2.75, 3.05) is 13.2 Å². The first-order valence-corrected chi connectivity index (χ1v) is 8.91. The average Bonchev–Trinajstić information content (AvgIpc) is 2.61. The Labute approximate surface area is 154 Å². The first kappa shape index (κ1) is 19.8. The highest BCUT2D eigenvalue weighted by atomic mass is 19.1. The predicted molar refractivity (Wildman–Crippen MR) is 100 cm³/mol. The lowest BCUT2D eigenvalue weighted by atomic mass is 10.2. The molecule has 0 aliphatic carbocycles. The number of aryl methyl sites for hydroxylation is 1. The summed E-state index contributed by atoms with van der Waals surface area (Å²) in [4.78, 5) is 11.9. The van der Waals surface area contributed by atoms with E-state index in [0.29, 0.717) is 13.0 Å². The van der Waals surface area contributed by atoms with E-state index < -0.39 is 5.82 Å². The number of halogens is 1. The van der Waals surface area contributed by atoms with Gasteiger partial charge in [0, 0.05) is 6.42 Å². The first-order valence-electron chi connectivity index (χ1n) is 8.91. The molecule has 140 valence electrons. The number of ether oxygens (including phenoxy) is 2. The fourth-order valence-corrected chi connectivity index (χ4v) is 2.45. The van der Waals surface area contributed by atoms with Gasteiger partial charge in [-0.15, -0.1) is 0 Å². The third-order valence-electron chi connectivity index (χ3n) is 3.79. The molecule has 0 aliphatic heterocycles. The molecule has 2 rings (SSSR count). The lowest BCUT2D eigenvalue weighted by molar-refractivity contribution is -0.122. The van der Waals surface area contributed by atoms with E-state index >= 15 is 0 Å². The summed E-state index contributed by atoms with van der Waals surface area (Å²) in [5, 5.41) is 2.86. The quantitative estimate of drug-likeness (QED) is 0.645. The Balaban J connectivity index is 1.57. The SMILES string of the molecule is Cc1cccc(OCCCCC(=O)NC(C)COc2ccccc2F)c1. The van der Waals surface area contributed by atoms with Crippen molar-refractivity contribution in [1.82, 2.24) is 5.32 Å². The summed E-state index contributed by atoms with van der Waals surface area (Å²) in [6.07, 6.45) is 1.99. The fraction of sp³-hybridized carbons (Fsp3) is 0.381. The summed E-state index contributed by atoms with van der Waals surface area (Å²) in [6.45, 7) is 4.67. The molecular weight excluding hydrogens is 333 g/mol. The number of carbonyl (C=O) groups excluding carboxylic acids is 1. The third kappa shape index (κ3) is 7.13. The van der Waals surface area contributed by atoms with E-state index in [1.165, 1.54) is 6.07 Å². The van der Waals surface area contributed by atoms with Crippen molar-refractivity contribution in [3.05, 3.63) is 59.9 Å². The van der Waals surface area contributed by atoms with Crippen molar-refractivity contribution < 1.29 is 18.7 Å². The molecule has 0 heterocycles. The summed E-state index contributed by atoms with van der Waals surface area (Å²) >= 11 is 0. The maximum atomic E-state index is 13.5. The van der Waals surface area contributed by atoms with Crippen LogP contribution in [0.25, 0.3) is 0 Å². The Bertz CT molecular complexity index is 705. The minimum atomic E-state index is -0.403.